The Bertz CT molecular complexity index is 1320. The summed E-state index contributed by atoms with van der Waals surface area (Å²) in [6.07, 6.45) is 6.91. The second kappa shape index (κ2) is 10.7. The van der Waals surface area contributed by atoms with E-state index in [1.807, 2.05) is 72.8 Å². The van der Waals surface area contributed by atoms with E-state index in [1.54, 1.807) is 24.4 Å². The standard InChI is InChI=1S/C28H22N2O3/c1-2-18-32-27-17-16-22-12-6-7-13-23(22)25(27)19-29-30-28(31)24-14-8-9-15-26(24)33-20-21-10-4-3-5-11-21/h1,3-17,19H,18,20H2,(H,30,31)/b29-19-. The number of terminal acetylenes is 1. The molecule has 162 valence electrons. The van der Waals surface area contributed by atoms with Crippen molar-refractivity contribution in [1.29, 1.82) is 0 Å². The van der Waals surface area contributed by atoms with Gasteiger partial charge >= 0.3 is 0 Å². The lowest BCUT2D eigenvalue weighted by molar-refractivity contribution is 0.0950. The Labute approximate surface area is 192 Å². The second-order valence-corrected chi connectivity index (χ2v) is 7.16. The maximum Gasteiger partial charge on any atom is 0.275 e. The smallest absolute Gasteiger partial charge is 0.275 e. The van der Waals surface area contributed by atoms with E-state index < -0.39 is 0 Å². The van der Waals surface area contributed by atoms with Crippen molar-refractivity contribution >= 4 is 22.9 Å². The number of hydrogen-bond acceptors (Lipinski definition) is 4. The Morgan fingerprint density at radius 1 is 0.879 bits per heavy atom. The van der Waals surface area contributed by atoms with Crippen molar-refractivity contribution in [2.24, 2.45) is 5.10 Å². The van der Waals surface area contributed by atoms with Crippen molar-refractivity contribution < 1.29 is 14.3 Å². The molecule has 1 amide bonds. The molecular formula is C28H22N2O3. The third-order valence-corrected chi connectivity index (χ3v) is 4.97. The average Bonchev–Trinajstić information content (AvgIpc) is 2.87. The van der Waals surface area contributed by atoms with Gasteiger partial charge in [0.25, 0.3) is 5.91 Å². The summed E-state index contributed by atoms with van der Waals surface area (Å²) >= 11 is 0. The molecule has 0 aliphatic heterocycles. The van der Waals surface area contributed by atoms with Gasteiger partial charge in [0.15, 0.2) is 0 Å². The van der Waals surface area contributed by atoms with Crippen LogP contribution in [0.3, 0.4) is 0 Å². The van der Waals surface area contributed by atoms with Crippen molar-refractivity contribution in [1.82, 2.24) is 5.43 Å². The maximum atomic E-state index is 12.8. The van der Waals surface area contributed by atoms with Crippen LogP contribution in [0.2, 0.25) is 0 Å². The molecule has 0 fully saturated rings. The first-order valence-electron chi connectivity index (χ1n) is 10.4. The Morgan fingerprint density at radius 2 is 1.64 bits per heavy atom. The molecule has 0 unspecified atom stereocenters. The molecule has 1 N–H and O–H groups in total. The fraction of sp³-hybridized carbons (Fsp3) is 0.0714. The predicted octanol–water partition coefficient (Wildman–Crippen LogP) is 5.19. The van der Waals surface area contributed by atoms with E-state index >= 15 is 0 Å². The normalized spacial score (nSPS) is 10.6. The van der Waals surface area contributed by atoms with Crippen LogP contribution >= 0.6 is 0 Å². The number of amides is 1. The Kier molecular flexibility index (Phi) is 6.99. The van der Waals surface area contributed by atoms with E-state index in [0.29, 0.717) is 23.7 Å². The quantitative estimate of drug-likeness (QED) is 0.236. The molecule has 0 spiro atoms. The third-order valence-electron chi connectivity index (χ3n) is 4.97. The van der Waals surface area contributed by atoms with Gasteiger partial charge in [0.05, 0.1) is 11.8 Å². The van der Waals surface area contributed by atoms with Crippen LogP contribution in [0.15, 0.2) is 96.1 Å². The SMILES string of the molecule is C#CCOc1ccc2ccccc2c1/C=N\NC(=O)c1ccccc1OCc1ccccc1. The highest BCUT2D eigenvalue weighted by atomic mass is 16.5. The molecule has 0 heterocycles. The fourth-order valence-corrected chi connectivity index (χ4v) is 3.39. The second-order valence-electron chi connectivity index (χ2n) is 7.16. The number of carbonyl (C=O) groups is 1. The molecule has 0 aliphatic carbocycles. The summed E-state index contributed by atoms with van der Waals surface area (Å²) < 4.78 is 11.5. The van der Waals surface area contributed by atoms with Gasteiger partial charge in [-0.05, 0) is 34.5 Å². The van der Waals surface area contributed by atoms with Gasteiger partial charge < -0.3 is 9.47 Å². The number of para-hydroxylation sites is 1. The summed E-state index contributed by atoms with van der Waals surface area (Å²) in [6.45, 7) is 0.498. The number of ether oxygens (including phenoxy) is 2. The van der Waals surface area contributed by atoms with Crippen LogP contribution in [0, 0.1) is 12.3 Å². The van der Waals surface area contributed by atoms with Crippen LogP contribution in [0.5, 0.6) is 11.5 Å². The average molecular weight is 434 g/mol. The van der Waals surface area contributed by atoms with Gasteiger partial charge in [-0.3, -0.25) is 4.79 Å². The highest BCUT2D eigenvalue weighted by molar-refractivity contribution is 6.03. The molecule has 0 aromatic heterocycles. The summed E-state index contributed by atoms with van der Waals surface area (Å²) in [5.74, 6) is 3.17. The summed E-state index contributed by atoms with van der Waals surface area (Å²) in [5, 5.41) is 6.15. The maximum absolute atomic E-state index is 12.8. The molecule has 33 heavy (non-hydrogen) atoms. The minimum Gasteiger partial charge on any atom is -0.488 e. The number of benzene rings is 4. The van der Waals surface area contributed by atoms with Crippen molar-refractivity contribution in [3.8, 4) is 23.8 Å². The lowest BCUT2D eigenvalue weighted by Gasteiger charge is -2.11. The number of hydrazone groups is 1. The van der Waals surface area contributed by atoms with E-state index in [2.05, 4.69) is 16.4 Å². The van der Waals surface area contributed by atoms with Crippen LogP contribution in [-0.2, 0) is 6.61 Å². The van der Waals surface area contributed by atoms with Crippen LogP contribution in [0.1, 0.15) is 21.5 Å². The zero-order valence-electron chi connectivity index (χ0n) is 17.9. The monoisotopic (exact) mass is 434 g/mol. The summed E-state index contributed by atoms with van der Waals surface area (Å²) in [6, 6.07) is 28.5. The van der Waals surface area contributed by atoms with Crippen molar-refractivity contribution in [3.05, 3.63) is 108 Å². The highest BCUT2D eigenvalue weighted by Gasteiger charge is 2.12. The molecule has 0 saturated heterocycles. The lowest BCUT2D eigenvalue weighted by Crippen LogP contribution is -2.18. The first-order chi connectivity index (χ1) is 16.3. The van der Waals surface area contributed by atoms with Crippen LogP contribution in [0.4, 0.5) is 0 Å². The van der Waals surface area contributed by atoms with Crippen LogP contribution < -0.4 is 14.9 Å². The third kappa shape index (κ3) is 5.38. The fourth-order valence-electron chi connectivity index (χ4n) is 3.39. The molecule has 5 heteroatoms. The number of fused-ring (bicyclic) bond motifs is 1. The van der Waals surface area contributed by atoms with Gasteiger partial charge in [-0.15, -0.1) is 6.42 Å². The number of hydrogen-bond donors (Lipinski definition) is 1. The largest absolute Gasteiger partial charge is 0.488 e. The molecule has 0 saturated carbocycles. The highest BCUT2D eigenvalue weighted by Crippen LogP contribution is 2.27. The molecule has 4 rings (SSSR count). The minimum absolute atomic E-state index is 0.137. The molecule has 0 bridgehead atoms. The lowest BCUT2D eigenvalue weighted by atomic mass is 10.0. The van der Waals surface area contributed by atoms with Crippen molar-refractivity contribution in [3.63, 3.8) is 0 Å². The van der Waals surface area contributed by atoms with Crippen molar-refractivity contribution in [2.75, 3.05) is 6.61 Å². The molecule has 0 radical (unpaired) electrons. The van der Waals surface area contributed by atoms with Gasteiger partial charge in [0, 0.05) is 5.56 Å². The molecular weight excluding hydrogens is 412 g/mol. The number of carbonyl (C=O) groups excluding carboxylic acids is 1. The Balaban J connectivity index is 1.52. The zero-order valence-corrected chi connectivity index (χ0v) is 17.9. The molecule has 0 aliphatic rings. The van der Waals surface area contributed by atoms with E-state index in [0.717, 1.165) is 21.9 Å². The van der Waals surface area contributed by atoms with Gasteiger partial charge in [-0.2, -0.15) is 5.10 Å². The summed E-state index contributed by atoms with van der Waals surface area (Å²) in [5.41, 5.74) is 4.73. The number of rotatable bonds is 8. The van der Waals surface area contributed by atoms with Gasteiger partial charge in [0.1, 0.15) is 24.7 Å². The van der Waals surface area contributed by atoms with Gasteiger partial charge in [-0.1, -0.05) is 78.7 Å². The van der Waals surface area contributed by atoms with E-state index in [1.165, 1.54) is 0 Å². The molecule has 4 aromatic rings. The van der Waals surface area contributed by atoms with Crippen LogP contribution in [0.25, 0.3) is 10.8 Å². The van der Waals surface area contributed by atoms with E-state index in [-0.39, 0.29) is 12.5 Å². The zero-order chi connectivity index (χ0) is 22.9. The van der Waals surface area contributed by atoms with E-state index in [4.69, 9.17) is 15.9 Å². The first kappa shape index (κ1) is 21.7. The minimum atomic E-state index is -0.374. The molecule has 4 aromatic carbocycles. The van der Waals surface area contributed by atoms with Gasteiger partial charge in [0.2, 0.25) is 0 Å². The van der Waals surface area contributed by atoms with Crippen molar-refractivity contribution in [2.45, 2.75) is 6.61 Å². The predicted molar refractivity (Wildman–Crippen MR) is 131 cm³/mol. The molecule has 0 atom stereocenters. The topological polar surface area (TPSA) is 59.9 Å². The summed E-state index contributed by atoms with van der Waals surface area (Å²) in [7, 11) is 0. The van der Waals surface area contributed by atoms with Crippen LogP contribution in [-0.4, -0.2) is 18.7 Å². The van der Waals surface area contributed by atoms with Gasteiger partial charge in [-0.25, -0.2) is 5.43 Å². The first-order valence-corrected chi connectivity index (χ1v) is 10.4. The summed E-state index contributed by atoms with van der Waals surface area (Å²) in [4.78, 5) is 12.8. The Hall–Kier alpha value is -4.56. The van der Waals surface area contributed by atoms with E-state index in [9.17, 15) is 4.79 Å². The number of nitrogens with one attached hydrogen (secondary N) is 1. The number of nitrogens with zero attached hydrogens (tertiary/aromatic N) is 1. The molecule has 5 nitrogen and oxygen atoms in total. The Morgan fingerprint density at radius 3 is 2.48 bits per heavy atom.